The second kappa shape index (κ2) is 8.33. The van der Waals surface area contributed by atoms with Crippen LogP contribution in [0.4, 0.5) is 5.95 Å². The molecule has 3 heterocycles. The quantitative estimate of drug-likeness (QED) is 0.793. The van der Waals surface area contributed by atoms with Gasteiger partial charge in [-0.15, -0.1) is 0 Å². The SMILES string of the molecule is CCC[C@H](C)Nc1ncc2c(C3CCN(C)C3)nn(C3CCC(O)CC3)c2n1. The first-order valence-corrected chi connectivity index (χ1v) is 10.9. The van der Waals surface area contributed by atoms with E-state index in [1.807, 2.05) is 6.20 Å². The van der Waals surface area contributed by atoms with Crippen LogP contribution in [0.15, 0.2) is 6.20 Å². The van der Waals surface area contributed by atoms with Crippen molar-refractivity contribution in [1.29, 1.82) is 0 Å². The fourth-order valence-electron chi connectivity index (χ4n) is 4.76. The van der Waals surface area contributed by atoms with Gasteiger partial charge in [-0.25, -0.2) is 9.67 Å². The number of fused-ring (bicyclic) bond motifs is 1. The topological polar surface area (TPSA) is 79.1 Å². The van der Waals surface area contributed by atoms with Crippen LogP contribution in [0.1, 0.15) is 76.4 Å². The molecule has 1 unspecified atom stereocenters. The minimum absolute atomic E-state index is 0.164. The Morgan fingerprint density at radius 1 is 1.25 bits per heavy atom. The summed E-state index contributed by atoms with van der Waals surface area (Å²) in [5.74, 6) is 1.14. The summed E-state index contributed by atoms with van der Waals surface area (Å²) in [5.41, 5.74) is 2.10. The van der Waals surface area contributed by atoms with Crippen molar-refractivity contribution in [2.75, 3.05) is 25.5 Å². The van der Waals surface area contributed by atoms with Gasteiger partial charge in [0, 0.05) is 24.7 Å². The number of likely N-dealkylation sites (N-methyl/N-ethyl adjacent to an activating group) is 1. The molecule has 0 spiro atoms. The van der Waals surface area contributed by atoms with E-state index in [1.54, 1.807) is 0 Å². The van der Waals surface area contributed by atoms with E-state index in [1.165, 1.54) is 0 Å². The van der Waals surface area contributed by atoms with E-state index < -0.39 is 0 Å². The number of nitrogens with one attached hydrogen (secondary N) is 1. The average Bonchev–Trinajstić information content (AvgIpc) is 3.26. The van der Waals surface area contributed by atoms with Gasteiger partial charge < -0.3 is 15.3 Å². The van der Waals surface area contributed by atoms with E-state index in [-0.39, 0.29) is 6.10 Å². The number of anilines is 1. The van der Waals surface area contributed by atoms with Gasteiger partial charge in [-0.05, 0) is 59.0 Å². The van der Waals surface area contributed by atoms with Crippen molar-refractivity contribution < 1.29 is 5.11 Å². The third kappa shape index (κ3) is 4.01. The number of aliphatic hydroxyl groups excluding tert-OH is 1. The molecule has 2 aromatic heterocycles. The highest BCUT2D eigenvalue weighted by molar-refractivity contribution is 5.79. The smallest absolute Gasteiger partial charge is 0.224 e. The molecule has 7 heteroatoms. The Balaban J connectivity index is 1.69. The van der Waals surface area contributed by atoms with Crippen LogP contribution < -0.4 is 5.32 Å². The molecule has 1 saturated carbocycles. The maximum Gasteiger partial charge on any atom is 0.224 e. The number of hydrogen-bond donors (Lipinski definition) is 2. The minimum Gasteiger partial charge on any atom is -0.393 e. The lowest BCUT2D eigenvalue weighted by atomic mass is 9.93. The molecule has 2 fully saturated rings. The molecular weight excluding hydrogens is 352 g/mol. The highest BCUT2D eigenvalue weighted by atomic mass is 16.3. The Morgan fingerprint density at radius 2 is 2.04 bits per heavy atom. The van der Waals surface area contributed by atoms with Crippen LogP contribution in [0.2, 0.25) is 0 Å². The van der Waals surface area contributed by atoms with Crippen molar-refractivity contribution in [2.24, 2.45) is 0 Å². The number of aliphatic hydroxyl groups is 1. The van der Waals surface area contributed by atoms with Gasteiger partial charge in [0.25, 0.3) is 0 Å². The molecule has 1 aliphatic carbocycles. The summed E-state index contributed by atoms with van der Waals surface area (Å²) < 4.78 is 2.15. The maximum absolute atomic E-state index is 9.92. The predicted octanol–water partition coefficient (Wildman–Crippen LogP) is 3.32. The number of likely N-dealkylation sites (tertiary alicyclic amines) is 1. The fraction of sp³-hybridized carbons (Fsp3) is 0.762. The molecule has 0 radical (unpaired) electrons. The molecule has 1 saturated heterocycles. The third-order valence-corrected chi connectivity index (χ3v) is 6.36. The van der Waals surface area contributed by atoms with Crippen LogP contribution in [0, 0.1) is 0 Å². The summed E-state index contributed by atoms with van der Waals surface area (Å²) in [6, 6.07) is 0.668. The van der Waals surface area contributed by atoms with Crippen LogP contribution in [0.25, 0.3) is 11.0 Å². The Bertz CT molecular complexity index is 798. The summed E-state index contributed by atoms with van der Waals surface area (Å²) in [7, 11) is 2.18. The molecule has 28 heavy (non-hydrogen) atoms. The second-order valence-corrected chi connectivity index (χ2v) is 8.80. The molecule has 7 nitrogen and oxygen atoms in total. The molecule has 2 aromatic rings. The van der Waals surface area contributed by atoms with Crippen LogP contribution in [-0.4, -0.2) is 62.0 Å². The molecule has 154 valence electrons. The van der Waals surface area contributed by atoms with Gasteiger partial charge in [0.2, 0.25) is 5.95 Å². The molecule has 2 N–H and O–H groups in total. The predicted molar refractivity (Wildman–Crippen MR) is 112 cm³/mol. The first-order valence-electron chi connectivity index (χ1n) is 10.9. The van der Waals surface area contributed by atoms with Crippen molar-refractivity contribution in [2.45, 2.75) is 82.9 Å². The van der Waals surface area contributed by atoms with Crippen LogP contribution in [-0.2, 0) is 0 Å². The Hall–Kier alpha value is -1.73. The summed E-state index contributed by atoms with van der Waals surface area (Å²) in [6.45, 7) is 6.53. The van der Waals surface area contributed by atoms with Gasteiger partial charge in [0.05, 0.1) is 23.2 Å². The molecule has 0 amide bonds. The van der Waals surface area contributed by atoms with Crippen molar-refractivity contribution in [3.8, 4) is 0 Å². The zero-order valence-corrected chi connectivity index (χ0v) is 17.4. The average molecular weight is 387 g/mol. The lowest BCUT2D eigenvalue weighted by Gasteiger charge is -2.26. The summed E-state index contributed by atoms with van der Waals surface area (Å²) in [5, 5.41) is 19.5. The number of rotatable bonds is 6. The lowest BCUT2D eigenvalue weighted by molar-refractivity contribution is 0.108. The lowest BCUT2D eigenvalue weighted by Crippen LogP contribution is -2.22. The molecule has 1 aliphatic heterocycles. The Kier molecular flexibility index (Phi) is 5.83. The van der Waals surface area contributed by atoms with E-state index in [9.17, 15) is 5.11 Å². The van der Waals surface area contributed by atoms with Crippen LogP contribution >= 0.6 is 0 Å². The van der Waals surface area contributed by atoms with Gasteiger partial charge >= 0.3 is 0 Å². The standard InChI is InChI=1S/C21H34N6O/c1-4-5-14(2)23-21-22-12-18-19(15-10-11-26(3)13-15)25-27(20(18)24-21)16-6-8-17(28)9-7-16/h12,14-17,28H,4-11,13H2,1-3H3,(H,22,23,24)/t14-,15?,16?,17?/m0/s1. The first kappa shape index (κ1) is 19.6. The maximum atomic E-state index is 9.92. The molecular formula is C21H34N6O. The van der Waals surface area contributed by atoms with Crippen LogP contribution in [0.3, 0.4) is 0 Å². The van der Waals surface area contributed by atoms with Crippen molar-refractivity contribution in [1.82, 2.24) is 24.6 Å². The van der Waals surface area contributed by atoms with Gasteiger partial charge in [-0.1, -0.05) is 13.3 Å². The zero-order valence-electron chi connectivity index (χ0n) is 17.4. The molecule has 0 bridgehead atoms. The summed E-state index contributed by atoms with van der Waals surface area (Å²) >= 11 is 0. The number of nitrogens with zero attached hydrogens (tertiary/aromatic N) is 5. The van der Waals surface area contributed by atoms with E-state index in [2.05, 4.69) is 40.8 Å². The van der Waals surface area contributed by atoms with Gasteiger partial charge in [-0.3, -0.25) is 0 Å². The zero-order chi connectivity index (χ0) is 19.7. The van der Waals surface area contributed by atoms with E-state index in [0.717, 1.165) is 74.8 Å². The number of hydrogen-bond acceptors (Lipinski definition) is 6. The van der Waals surface area contributed by atoms with Gasteiger partial charge in [0.15, 0.2) is 5.65 Å². The van der Waals surface area contributed by atoms with E-state index in [4.69, 9.17) is 10.1 Å². The second-order valence-electron chi connectivity index (χ2n) is 8.80. The first-order chi connectivity index (χ1) is 13.5. The van der Waals surface area contributed by atoms with E-state index in [0.29, 0.717) is 23.9 Å². The van der Waals surface area contributed by atoms with Crippen molar-refractivity contribution in [3.05, 3.63) is 11.9 Å². The third-order valence-electron chi connectivity index (χ3n) is 6.36. The van der Waals surface area contributed by atoms with Crippen molar-refractivity contribution in [3.63, 3.8) is 0 Å². The van der Waals surface area contributed by atoms with Crippen LogP contribution in [0.5, 0.6) is 0 Å². The minimum atomic E-state index is -0.164. The molecule has 2 atom stereocenters. The fourth-order valence-corrected chi connectivity index (χ4v) is 4.76. The summed E-state index contributed by atoms with van der Waals surface area (Å²) in [6.07, 6.45) is 8.79. The molecule has 4 rings (SSSR count). The Labute approximate surface area is 167 Å². The van der Waals surface area contributed by atoms with E-state index >= 15 is 0 Å². The Morgan fingerprint density at radius 3 is 2.71 bits per heavy atom. The van der Waals surface area contributed by atoms with Gasteiger partial charge in [-0.2, -0.15) is 10.1 Å². The highest BCUT2D eigenvalue weighted by Crippen LogP contribution is 2.35. The van der Waals surface area contributed by atoms with Gasteiger partial charge in [0.1, 0.15) is 0 Å². The molecule has 0 aromatic carbocycles. The largest absolute Gasteiger partial charge is 0.393 e. The molecule has 2 aliphatic rings. The number of aromatic nitrogens is 4. The highest BCUT2D eigenvalue weighted by Gasteiger charge is 2.30. The summed E-state index contributed by atoms with van der Waals surface area (Å²) in [4.78, 5) is 11.9. The monoisotopic (exact) mass is 386 g/mol. The normalized spacial score (nSPS) is 27.4. The van der Waals surface area contributed by atoms with Crippen molar-refractivity contribution >= 4 is 17.0 Å².